The zero-order valence-corrected chi connectivity index (χ0v) is 14.0. The average molecular weight is 332 g/mol. The van der Waals surface area contributed by atoms with Crippen molar-refractivity contribution >= 4 is 5.91 Å². The number of carbonyl (C=O) groups excluding carboxylic acids is 1. The first-order chi connectivity index (χ1) is 12.2. The quantitative estimate of drug-likeness (QED) is 0.859. The van der Waals surface area contributed by atoms with Gasteiger partial charge in [0.15, 0.2) is 0 Å². The number of nitrogens with zero attached hydrogens (tertiary/aromatic N) is 3. The van der Waals surface area contributed by atoms with Gasteiger partial charge in [0.25, 0.3) is 5.91 Å². The molecule has 0 unspecified atom stereocenters. The maximum absolute atomic E-state index is 12.5. The average Bonchev–Trinajstić information content (AvgIpc) is 2.92. The number of carbonyl (C=O) groups is 1. The second-order valence-corrected chi connectivity index (χ2v) is 7.08. The van der Waals surface area contributed by atoms with Crippen LogP contribution in [-0.2, 0) is 0 Å². The van der Waals surface area contributed by atoms with Gasteiger partial charge in [-0.25, -0.2) is 15.0 Å². The molecule has 2 saturated carbocycles. The van der Waals surface area contributed by atoms with Crippen molar-refractivity contribution in [3.8, 4) is 11.8 Å². The molecule has 0 saturated heterocycles. The van der Waals surface area contributed by atoms with Crippen LogP contribution in [0, 0.1) is 17.3 Å². The van der Waals surface area contributed by atoms with Crippen molar-refractivity contribution in [3.63, 3.8) is 0 Å². The Morgan fingerprint density at radius 1 is 1.00 bits per heavy atom. The van der Waals surface area contributed by atoms with Crippen LogP contribution in [0.5, 0.6) is 0 Å². The van der Waals surface area contributed by atoms with Gasteiger partial charge in [0.05, 0.1) is 0 Å². The van der Waals surface area contributed by atoms with Gasteiger partial charge in [0.2, 0.25) is 5.82 Å². The van der Waals surface area contributed by atoms with E-state index in [-0.39, 0.29) is 22.7 Å². The minimum atomic E-state index is -0.184. The highest BCUT2D eigenvalue weighted by Crippen LogP contribution is 2.53. The first kappa shape index (κ1) is 15.8. The van der Waals surface area contributed by atoms with Crippen molar-refractivity contribution in [3.05, 3.63) is 54.4 Å². The number of rotatable bonds is 2. The fraction of sp³-hybridized carbons (Fsp3) is 0.400. The van der Waals surface area contributed by atoms with E-state index in [1.54, 1.807) is 24.7 Å². The largest absolute Gasteiger partial charge is 0.344 e. The summed E-state index contributed by atoms with van der Waals surface area (Å²) in [6.45, 7) is 0. The number of nitrogens with one attached hydrogen (secondary N) is 1. The molecule has 2 aromatic rings. The van der Waals surface area contributed by atoms with Crippen LogP contribution >= 0.6 is 0 Å². The van der Waals surface area contributed by atoms with E-state index in [1.165, 1.54) is 0 Å². The van der Waals surface area contributed by atoms with Gasteiger partial charge in [-0.15, -0.1) is 0 Å². The van der Waals surface area contributed by atoms with Gasteiger partial charge < -0.3 is 5.32 Å². The van der Waals surface area contributed by atoms with Crippen molar-refractivity contribution in [2.45, 2.75) is 44.1 Å². The number of aromatic nitrogens is 3. The van der Waals surface area contributed by atoms with Crippen LogP contribution < -0.4 is 5.32 Å². The van der Waals surface area contributed by atoms with E-state index in [0.29, 0.717) is 0 Å². The number of hydrogen-bond donors (Lipinski definition) is 1. The minimum Gasteiger partial charge on any atom is -0.344 e. The van der Waals surface area contributed by atoms with E-state index in [4.69, 9.17) is 0 Å². The Hall–Kier alpha value is -2.74. The normalized spacial score (nSPS) is 27.2. The van der Waals surface area contributed by atoms with E-state index < -0.39 is 0 Å². The molecule has 5 heteroatoms. The predicted molar refractivity (Wildman–Crippen MR) is 93.5 cm³/mol. The summed E-state index contributed by atoms with van der Waals surface area (Å²) in [5.41, 5.74) is 0.621. The molecule has 1 N–H and O–H groups in total. The van der Waals surface area contributed by atoms with Gasteiger partial charge in [0.1, 0.15) is 5.69 Å². The number of hydrogen-bond acceptors (Lipinski definition) is 4. The van der Waals surface area contributed by atoms with Gasteiger partial charge >= 0.3 is 0 Å². The maximum atomic E-state index is 12.5. The number of amides is 1. The highest BCUT2D eigenvalue weighted by atomic mass is 16.2. The topological polar surface area (TPSA) is 67.8 Å². The third-order valence-corrected chi connectivity index (χ3v) is 5.34. The Balaban J connectivity index is 1.52. The highest BCUT2D eigenvalue weighted by molar-refractivity contribution is 5.90. The van der Waals surface area contributed by atoms with Crippen molar-refractivity contribution in [1.82, 2.24) is 20.3 Å². The van der Waals surface area contributed by atoms with Crippen LogP contribution in [-0.4, -0.2) is 26.4 Å². The fourth-order valence-electron chi connectivity index (χ4n) is 4.18. The van der Waals surface area contributed by atoms with Crippen LogP contribution in [0.3, 0.4) is 0 Å². The van der Waals surface area contributed by atoms with Gasteiger partial charge in [-0.05, 0) is 62.6 Å². The lowest BCUT2D eigenvalue weighted by Crippen LogP contribution is -2.49. The lowest BCUT2D eigenvalue weighted by atomic mass is 9.73. The summed E-state index contributed by atoms with van der Waals surface area (Å²) in [5.74, 6) is 6.77. The molecule has 4 rings (SSSR count). The molecule has 2 aliphatic rings. The molecule has 0 spiro atoms. The summed E-state index contributed by atoms with van der Waals surface area (Å²) in [5, 5.41) is 3.22. The first-order valence-electron chi connectivity index (χ1n) is 8.73. The lowest BCUT2D eigenvalue weighted by molar-refractivity contribution is 0.0861. The third-order valence-electron chi connectivity index (χ3n) is 5.34. The second-order valence-electron chi connectivity index (χ2n) is 7.08. The monoisotopic (exact) mass is 332 g/mol. The summed E-state index contributed by atoms with van der Waals surface area (Å²) in [7, 11) is 0. The Morgan fingerprint density at radius 2 is 1.84 bits per heavy atom. The summed E-state index contributed by atoms with van der Waals surface area (Å²) >= 11 is 0. The maximum Gasteiger partial charge on any atom is 0.289 e. The molecule has 2 atom stereocenters. The van der Waals surface area contributed by atoms with Crippen molar-refractivity contribution in [1.29, 1.82) is 0 Å². The predicted octanol–water partition coefficient (Wildman–Crippen LogP) is 2.75. The van der Waals surface area contributed by atoms with Gasteiger partial charge in [-0.1, -0.05) is 12.0 Å². The molecule has 25 heavy (non-hydrogen) atoms. The molecular weight excluding hydrogens is 312 g/mol. The molecule has 2 bridgehead atoms. The van der Waals surface area contributed by atoms with E-state index in [9.17, 15) is 4.79 Å². The second kappa shape index (κ2) is 6.29. The number of fused-ring (bicyclic) bond motifs is 2. The molecule has 5 nitrogen and oxygen atoms in total. The molecule has 2 aromatic heterocycles. The molecular formula is C20H20N4O. The molecule has 1 amide bonds. The van der Waals surface area contributed by atoms with Crippen LogP contribution in [0.2, 0.25) is 0 Å². The minimum absolute atomic E-state index is 0.0133. The zero-order valence-electron chi connectivity index (χ0n) is 14.0. The van der Waals surface area contributed by atoms with Crippen molar-refractivity contribution in [2.24, 2.45) is 5.41 Å². The molecule has 0 aromatic carbocycles. The molecule has 2 aliphatic carbocycles. The van der Waals surface area contributed by atoms with Crippen LogP contribution in [0.25, 0.3) is 0 Å². The SMILES string of the molecule is O=C(N[C@@]12CCC[C@@](C#Cc3ccccn3)(CC1)C2)c1ncccn1. The lowest BCUT2D eigenvalue weighted by Gasteiger charge is -2.37. The molecule has 2 fully saturated rings. The third kappa shape index (κ3) is 3.25. The zero-order chi connectivity index (χ0) is 17.2. The van der Waals surface area contributed by atoms with Gasteiger partial charge in [0, 0.05) is 29.5 Å². The number of pyridine rings is 1. The van der Waals surface area contributed by atoms with Crippen LogP contribution in [0.1, 0.15) is 54.8 Å². The fourth-order valence-corrected chi connectivity index (χ4v) is 4.18. The van der Waals surface area contributed by atoms with E-state index in [0.717, 1.165) is 44.2 Å². The van der Waals surface area contributed by atoms with Crippen LogP contribution in [0.4, 0.5) is 0 Å². The van der Waals surface area contributed by atoms with Gasteiger partial charge in [-0.3, -0.25) is 4.79 Å². The molecule has 126 valence electrons. The Labute approximate surface area is 147 Å². The summed E-state index contributed by atoms with van der Waals surface area (Å²) in [4.78, 5) is 24.9. The van der Waals surface area contributed by atoms with Gasteiger partial charge in [-0.2, -0.15) is 0 Å². The standard InChI is InChI=1S/C20H20N4O/c25-18(17-22-13-4-14-23-17)24-20-8-3-7-19(15-20,10-11-20)9-6-16-5-1-2-12-21-16/h1-2,4-5,12-14H,3,7-8,10-11,15H2,(H,24,25)/t19-,20+/m1/s1. The molecule has 0 aliphatic heterocycles. The van der Waals surface area contributed by atoms with E-state index in [2.05, 4.69) is 32.1 Å². The summed E-state index contributed by atoms with van der Waals surface area (Å²) < 4.78 is 0. The van der Waals surface area contributed by atoms with E-state index in [1.807, 2.05) is 18.2 Å². The van der Waals surface area contributed by atoms with E-state index >= 15 is 0 Å². The summed E-state index contributed by atoms with van der Waals surface area (Å²) in [6.07, 6.45) is 11.0. The Morgan fingerprint density at radius 3 is 2.64 bits per heavy atom. The smallest absolute Gasteiger partial charge is 0.289 e. The molecule has 0 radical (unpaired) electrons. The Bertz CT molecular complexity index is 827. The summed E-state index contributed by atoms with van der Waals surface area (Å²) in [6, 6.07) is 7.49. The van der Waals surface area contributed by atoms with Crippen molar-refractivity contribution < 1.29 is 4.79 Å². The first-order valence-corrected chi connectivity index (χ1v) is 8.73. The molecule has 2 heterocycles. The van der Waals surface area contributed by atoms with Crippen LogP contribution in [0.15, 0.2) is 42.9 Å². The highest BCUT2D eigenvalue weighted by Gasteiger charge is 2.51. The Kier molecular flexibility index (Phi) is 3.96. The van der Waals surface area contributed by atoms with Crippen molar-refractivity contribution in [2.75, 3.05) is 0 Å².